The monoisotopic (exact) mass is 243 g/mol. The fourth-order valence-electron chi connectivity index (χ4n) is 1.76. The van der Waals surface area contributed by atoms with Gasteiger partial charge in [-0.1, -0.05) is 12.1 Å². The summed E-state index contributed by atoms with van der Waals surface area (Å²) < 4.78 is 7.24. The van der Waals surface area contributed by atoms with E-state index in [1.807, 2.05) is 49.9 Å². The predicted molar refractivity (Wildman–Crippen MR) is 72.8 cm³/mol. The molecule has 0 aliphatic carbocycles. The molecule has 0 aliphatic rings. The Bertz CT molecular complexity index is 584. The van der Waals surface area contributed by atoms with Crippen molar-refractivity contribution in [3.63, 3.8) is 0 Å². The molecule has 0 amide bonds. The molecule has 0 saturated carbocycles. The molecule has 4 nitrogen and oxygen atoms in total. The molecule has 0 unspecified atom stereocenters. The van der Waals surface area contributed by atoms with Crippen molar-refractivity contribution in [2.75, 3.05) is 7.11 Å². The van der Waals surface area contributed by atoms with Gasteiger partial charge in [0.05, 0.1) is 19.1 Å². The molecule has 1 heterocycles. The van der Waals surface area contributed by atoms with Gasteiger partial charge in [-0.2, -0.15) is 0 Å². The fourth-order valence-corrected chi connectivity index (χ4v) is 1.76. The Morgan fingerprint density at radius 2 is 2.17 bits per heavy atom. The molecule has 18 heavy (non-hydrogen) atoms. The maximum absolute atomic E-state index is 5.34. The molecule has 0 aliphatic heterocycles. The van der Waals surface area contributed by atoms with E-state index < -0.39 is 0 Å². The van der Waals surface area contributed by atoms with E-state index in [9.17, 15) is 0 Å². The standard InChI is InChI=1S/C14H17N3O/c1-10-6-5-7-13(18-4)14(10)16-11(2)12-8-17(3)9-15-12/h5-9H,1-4H3. The topological polar surface area (TPSA) is 39.4 Å². The van der Waals surface area contributed by atoms with Crippen molar-refractivity contribution < 1.29 is 4.74 Å². The number of hydrogen-bond acceptors (Lipinski definition) is 3. The predicted octanol–water partition coefficient (Wildman–Crippen LogP) is 2.88. The number of aryl methyl sites for hydroxylation is 2. The van der Waals surface area contributed by atoms with Crippen LogP contribution in [0.4, 0.5) is 5.69 Å². The summed E-state index contributed by atoms with van der Waals surface area (Å²) in [6, 6.07) is 5.90. The van der Waals surface area contributed by atoms with Crippen molar-refractivity contribution in [2.24, 2.45) is 12.0 Å². The maximum atomic E-state index is 5.34. The van der Waals surface area contributed by atoms with Gasteiger partial charge in [0.2, 0.25) is 0 Å². The molecule has 0 spiro atoms. The number of benzene rings is 1. The first-order valence-electron chi connectivity index (χ1n) is 5.79. The van der Waals surface area contributed by atoms with E-state index in [0.29, 0.717) is 0 Å². The molecule has 0 atom stereocenters. The molecular formula is C14H17N3O. The Balaban J connectivity index is 2.44. The molecule has 2 aromatic rings. The number of aromatic nitrogens is 2. The smallest absolute Gasteiger partial charge is 0.144 e. The van der Waals surface area contributed by atoms with E-state index in [-0.39, 0.29) is 0 Å². The highest BCUT2D eigenvalue weighted by Crippen LogP contribution is 2.31. The molecule has 0 N–H and O–H groups in total. The van der Waals surface area contributed by atoms with Gasteiger partial charge in [-0.05, 0) is 25.5 Å². The number of hydrogen-bond donors (Lipinski definition) is 0. The highest BCUT2D eigenvalue weighted by molar-refractivity contribution is 5.99. The van der Waals surface area contributed by atoms with Gasteiger partial charge in [0.1, 0.15) is 17.1 Å². The first-order valence-corrected chi connectivity index (χ1v) is 5.79. The summed E-state index contributed by atoms with van der Waals surface area (Å²) >= 11 is 0. The van der Waals surface area contributed by atoms with Gasteiger partial charge in [0.25, 0.3) is 0 Å². The molecule has 94 valence electrons. The Morgan fingerprint density at radius 3 is 2.78 bits per heavy atom. The van der Waals surface area contributed by atoms with Crippen molar-refractivity contribution in [1.82, 2.24) is 9.55 Å². The van der Waals surface area contributed by atoms with Gasteiger partial charge in [-0.25, -0.2) is 9.98 Å². The zero-order valence-electron chi connectivity index (χ0n) is 11.1. The molecule has 1 aromatic heterocycles. The van der Waals surface area contributed by atoms with Gasteiger partial charge >= 0.3 is 0 Å². The van der Waals surface area contributed by atoms with Crippen molar-refractivity contribution in [3.8, 4) is 5.75 Å². The normalized spacial score (nSPS) is 11.7. The number of nitrogens with zero attached hydrogens (tertiary/aromatic N) is 3. The number of methoxy groups -OCH3 is 1. The van der Waals surface area contributed by atoms with Crippen LogP contribution in [0.3, 0.4) is 0 Å². The third-order valence-corrected chi connectivity index (χ3v) is 2.78. The number of imidazole rings is 1. The first kappa shape index (κ1) is 12.4. The second-order valence-corrected chi connectivity index (χ2v) is 4.25. The average Bonchev–Trinajstić information content (AvgIpc) is 2.78. The van der Waals surface area contributed by atoms with Crippen LogP contribution in [0.5, 0.6) is 5.75 Å². The van der Waals surface area contributed by atoms with Crippen LogP contribution in [0.15, 0.2) is 35.7 Å². The van der Waals surface area contributed by atoms with Crippen molar-refractivity contribution in [3.05, 3.63) is 42.0 Å². The van der Waals surface area contributed by atoms with Crippen molar-refractivity contribution in [2.45, 2.75) is 13.8 Å². The summed E-state index contributed by atoms with van der Waals surface area (Å²) in [5, 5.41) is 0. The maximum Gasteiger partial charge on any atom is 0.144 e. The molecule has 0 fully saturated rings. The SMILES string of the molecule is COc1cccc(C)c1N=C(C)c1cn(C)cn1. The third-order valence-electron chi connectivity index (χ3n) is 2.78. The van der Waals surface area contributed by atoms with E-state index in [1.54, 1.807) is 13.4 Å². The fraction of sp³-hybridized carbons (Fsp3) is 0.286. The lowest BCUT2D eigenvalue weighted by atomic mass is 10.2. The van der Waals surface area contributed by atoms with Gasteiger partial charge in [0, 0.05) is 13.2 Å². The third kappa shape index (κ3) is 2.42. The summed E-state index contributed by atoms with van der Waals surface area (Å²) in [7, 11) is 3.60. The van der Waals surface area contributed by atoms with E-state index in [4.69, 9.17) is 4.74 Å². The second-order valence-electron chi connectivity index (χ2n) is 4.25. The molecular weight excluding hydrogens is 226 g/mol. The van der Waals surface area contributed by atoms with Crippen LogP contribution in [-0.2, 0) is 7.05 Å². The number of para-hydroxylation sites is 1. The van der Waals surface area contributed by atoms with Gasteiger partial charge < -0.3 is 9.30 Å². The lowest BCUT2D eigenvalue weighted by molar-refractivity contribution is 0.416. The van der Waals surface area contributed by atoms with Gasteiger partial charge in [0.15, 0.2) is 0 Å². The van der Waals surface area contributed by atoms with Gasteiger partial charge in [-0.15, -0.1) is 0 Å². The molecule has 4 heteroatoms. The van der Waals surface area contributed by atoms with E-state index in [1.165, 1.54) is 0 Å². The molecule has 0 radical (unpaired) electrons. The quantitative estimate of drug-likeness (QED) is 0.777. The van der Waals surface area contributed by atoms with Crippen LogP contribution in [0.1, 0.15) is 18.2 Å². The van der Waals surface area contributed by atoms with Crippen LogP contribution >= 0.6 is 0 Å². The lowest BCUT2D eigenvalue weighted by Crippen LogP contribution is -1.95. The van der Waals surface area contributed by atoms with E-state index in [2.05, 4.69) is 9.98 Å². The first-order chi connectivity index (χ1) is 8.61. The zero-order valence-corrected chi connectivity index (χ0v) is 11.1. The highest BCUT2D eigenvalue weighted by Gasteiger charge is 2.07. The van der Waals surface area contributed by atoms with Crippen LogP contribution in [-0.4, -0.2) is 22.4 Å². The minimum atomic E-state index is 0.783. The minimum Gasteiger partial charge on any atom is -0.494 e. The molecule has 1 aromatic carbocycles. The summed E-state index contributed by atoms with van der Waals surface area (Å²) in [6.45, 7) is 3.97. The molecule has 2 rings (SSSR count). The molecule has 0 bridgehead atoms. The second kappa shape index (κ2) is 5.04. The van der Waals surface area contributed by atoms with Crippen LogP contribution < -0.4 is 4.74 Å². The van der Waals surface area contributed by atoms with E-state index >= 15 is 0 Å². The Morgan fingerprint density at radius 1 is 1.39 bits per heavy atom. The minimum absolute atomic E-state index is 0.783. The highest BCUT2D eigenvalue weighted by atomic mass is 16.5. The summed E-state index contributed by atoms with van der Waals surface area (Å²) in [5.74, 6) is 0.783. The summed E-state index contributed by atoms with van der Waals surface area (Å²) in [4.78, 5) is 8.92. The summed E-state index contributed by atoms with van der Waals surface area (Å²) in [5.41, 5.74) is 3.71. The Hall–Kier alpha value is -2.10. The number of ether oxygens (including phenoxy) is 1. The van der Waals surface area contributed by atoms with Crippen molar-refractivity contribution in [1.29, 1.82) is 0 Å². The van der Waals surface area contributed by atoms with Crippen LogP contribution in [0, 0.1) is 6.92 Å². The lowest BCUT2D eigenvalue weighted by Gasteiger charge is -2.07. The molecule has 0 saturated heterocycles. The number of rotatable bonds is 3. The number of aliphatic imine (C=N–C) groups is 1. The van der Waals surface area contributed by atoms with E-state index in [0.717, 1.165) is 28.4 Å². The van der Waals surface area contributed by atoms with Gasteiger partial charge in [-0.3, -0.25) is 0 Å². The van der Waals surface area contributed by atoms with Crippen LogP contribution in [0.25, 0.3) is 0 Å². The van der Waals surface area contributed by atoms with Crippen molar-refractivity contribution >= 4 is 11.4 Å². The summed E-state index contributed by atoms with van der Waals surface area (Å²) in [6.07, 6.45) is 3.72. The average molecular weight is 243 g/mol. The Labute approximate surface area is 107 Å². The largest absolute Gasteiger partial charge is 0.494 e. The Kier molecular flexibility index (Phi) is 3.46. The zero-order chi connectivity index (χ0) is 13.1. The van der Waals surface area contributed by atoms with Crippen LogP contribution in [0.2, 0.25) is 0 Å².